The number of imidazole rings is 1. The number of aliphatic hydroxyl groups is 1. The minimum absolute atomic E-state index is 0.00956. The second-order valence-corrected chi connectivity index (χ2v) is 21.8. The summed E-state index contributed by atoms with van der Waals surface area (Å²) < 4.78 is 0. The summed E-state index contributed by atoms with van der Waals surface area (Å²) in [5.41, 5.74) is 25.8. The van der Waals surface area contributed by atoms with Gasteiger partial charge in [-0.3, -0.25) is 57.7 Å². The molecule has 34 heteroatoms. The van der Waals surface area contributed by atoms with E-state index in [0.717, 1.165) is 0 Å². The van der Waals surface area contributed by atoms with Crippen molar-refractivity contribution < 1.29 is 78.0 Å². The smallest absolute Gasteiger partial charge is 0.326 e. The lowest BCUT2D eigenvalue weighted by molar-refractivity contribution is -0.143. The highest BCUT2D eigenvalue weighted by Gasteiger charge is 2.35. The number of carbonyl (C=O) groups is 12. The summed E-state index contributed by atoms with van der Waals surface area (Å²) in [5.74, 6) is -13.0. The third kappa shape index (κ3) is 22.5. The van der Waals surface area contributed by atoms with Crippen LogP contribution in [0.15, 0.2) is 103 Å². The van der Waals surface area contributed by atoms with Gasteiger partial charge in [0.25, 0.3) is 0 Å². The van der Waals surface area contributed by atoms with Crippen LogP contribution >= 0.6 is 0 Å². The number of phenolic OH excluding ortho intramolecular Hbond substituents is 1. The third-order valence-electron chi connectivity index (χ3n) is 14.7. The number of aromatic hydroxyl groups is 1. The zero-order chi connectivity index (χ0) is 68.4. The van der Waals surface area contributed by atoms with Gasteiger partial charge in [-0.2, -0.15) is 0 Å². The molecular formula is C60H76N18O16. The number of para-hydroxylation sites is 2. The Kier molecular flexibility index (Phi) is 26.9. The number of benzene rings is 3. The number of hydrogen-bond donors (Lipinski definition) is 20. The van der Waals surface area contributed by atoms with E-state index in [1.54, 1.807) is 60.9 Å². The summed E-state index contributed by atoms with van der Waals surface area (Å²) in [5, 5.41) is 62.8. The Morgan fingerprint density at radius 3 is 1.53 bits per heavy atom. The summed E-state index contributed by atoms with van der Waals surface area (Å²) >= 11 is 0. The van der Waals surface area contributed by atoms with Crippen LogP contribution in [0, 0.1) is 0 Å². The van der Waals surface area contributed by atoms with Gasteiger partial charge in [0, 0.05) is 91.2 Å². The Labute approximate surface area is 535 Å². The largest absolute Gasteiger partial charge is 0.508 e. The number of nitrogens with zero attached hydrogens (tertiary/aromatic N) is 2. The quantitative estimate of drug-likeness (QED) is 0.00988. The maximum absolute atomic E-state index is 14.7. The number of primary amides is 1. The highest BCUT2D eigenvalue weighted by atomic mass is 16.4. The van der Waals surface area contributed by atoms with Crippen LogP contribution < -0.4 is 70.8 Å². The van der Waals surface area contributed by atoms with Gasteiger partial charge in [0.05, 0.1) is 32.1 Å². The average Bonchev–Trinajstić information content (AvgIpc) is 1.66. The number of carboxylic acid groups (broad SMARTS) is 2. The first-order valence-corrected chi connectivity index (χ1v) is 29.5. The van der Waals surface area contributed by atoms with E-state index in [2.05, 4.69) is 72.8 Å². The highest BCUT2D eigenvalue weighted by molar-refractivity contribution is 5.99. The molecule has 0 saturated heterocycles. The number of aromatic nitrogens is 4. The first-order valence-electron chi connectivity index (χ1n) is 29.5. The monoisotopic (exact) mass is 1300 g/mol. The molecule has 0 aliphatic heterocycles. The van der Waals surface area contributed by atoms with Gasteiger partial charge in [-0.1, -0.05) is 48.5 Å². The van der Waals surface area contributed by atoms with Gasteiger partial charge in [-0.05, 0) is 66.6 Å². The number of phenols is 1. The average molecular weight is 1310 g/mol. The van der Waals surface area contributed by atoms with Crippen LogP contribution in [-0.2, 0) is 83.2 Å². The van der Waals surface area contributed by atoms with Crippen molar-refractivity contribution in [2.24, 2.45) is 27.9 Å². The van der Waals surface area contributed by atoms with Gasteiger partial charge >= 0.3 is 11.9 Å². The molecule has 0 fully saturated rings. The lowest BCUT2D eigenvalue weighted by Crippen LogP contribution is -2.60. The predicted octanol–water partition coefficient (Wildman–Crippen LogP) is -4.44. The number of guanidine groups is 1. The fourth-order valence-electron chi connectivity index (χ4n) is 9.75. The SMILES string of the molecule is NC(=O)CC[C@H](NC(=O)CNC(=O)[C@H](Cc1c[nH]c2ccccc12)NC(=O)[C@H](CCCN=C(N)N)NC(=O)[C@H](CO)NC(=O)[C@H](Cc1c[nH]c2ccccc12)NC(=O)[C@H](Cc1ccc(O)cc1)NC(=O)CNC(=O)[C@@H](N)Cc1cnc[nH]1)C(=O)N[C@@H](CCC(=O)O)C(=O)O. The molecule has 0 spiro atoms. The number of fused-ring (bicyclic) bond motifs is 2. The number of H-pyrrole nitrogens is 3. The molecule has 0 unspecified atom stereocenters. The predicted molar refractivity (Wildman–Crippen MR) is 336 cm³/mol. The van der Waals surface area contributed by atoms with E-state index in [4.69, 9.17) is 28.0 Å². The van der Waals surface area contributed by atoms with E-state index < -0.39 is 165 Å². The van der Waals surface area contributed by atoms with E-state index in [0.29, 0.717) is 44.2 Å². The zero-order valence-corrected chi connectivity index (χ0v) is 50.6. The van der Waals surface area contributed by atoms with Crippen molar-refractivity contribution in [2.75, 3.05) is 26.2 Å². The van der Waals surface area contributed by atoms with Crippen LogP contribution in [0.4, 0.5) is 0 Å². The fourth-order valence-corrected chi connectivity index (χ4v) is 9.75. The van der Waals surface area contributed by atoms with Crippen molar-refractivity contribution in [3.05, 3.63) is 120 Å². The number of aliphatic imine (C=N–C) groups is 1. The summed E-state index contributed by atoms with van der Waals surface area (Å²) in [6.45, 7) is -2.67. The molecule has 6 aromatic rings. The van der Waals surface area contributed by atoms with E-state index >= 15 is 0 Å². The molecule has 0 aliphatic carbocycles. The first kappa shape index (κ1) is 71.7. The van der Waals surface area contributed by atoms with Gasteiger partial charge in [-0.25, -0.2) is 9.78 Å². The maximum Gasteiger partial charge on any atom is 0.326 e. The van der Waals surface area contributed by atoms with E-state index in [9.17, 15) is 72.9 Å². The molecule has 3 aromatic heterocycles. The Morgan fingerprint density at radius 2 is 1.00 bits per heavy atom. The van der Waals surface area contributed by atoms with E-state index in [1.807, 2.05) is 0 Å². The molecule has 502 valence electrons. The van der Waals surface area contributed by atoms with Crippen molar-refractivity contribution in [1.82, 2.24) is 67.8 Å². The van der Waals surface area contributed by atoms with Crippen molar-refractivity contribution in [3.63, 3.8) is 0 Å². The topological polar surface area (TPSA) is 571 Å². The number of amides is 10. The molecule has 24 N–H and O–H groups in total. The Balaban J connectivity index is 1.22. The number of rotatable bonds is 38. The van der Waals surface area contributed by atoms with E-state index in [1.165, 1.54) is 36.8 Å². The molecule has 94 heavy (non-hydrogen) atoms. The van der Waals surface area contributed by atoms with Crippen LogP contribution in [-0.4, -0.2) is 192 Å². The molecule has 0 aliphatic rings. The first-order chi connectivity index (χ1) is 44.9. The summed E-state index contributed by atoms with van der Waals surface area (Å²) in [6.07, 6.45) is 3.07. The van der Waals surface area contributed by atoms with Gasteiger partial charge in [-0.15, -0.1) is 0 Å². The van der Waals surface area contributed by atoms with Crippen molar-refractivity contribution >= 4 is 98.8 Å². The number of aromatic amines is 3. The number of carboxylic acids is 2. The number of nitrogens with one attached hydrogen (secondary N) is 12. The molecule has 0 bridgehead atoms. The van der Waals surface area contributed by atoms with Crippen molar-refractivity contribution in [1.29, 1.82) is 0 Å². The molecule has 0 saturated carbocycles. The van der Waals surface area contributed by atoms with Gasteiger partial charge in [0.15, 0.2) is 5.96 Å². The van der Waals surface area contributed by atoms with Crippen LogP contribution in [0.1, 0.15) is 60.9 Å². The second kappa shape index (κ2) is 35.3. The normalized spacial score (nSPS) is 13.6. The molecular weight excluding hydrogens is 1230 g/mol. The van der Waals surface area contributed by atoms with Crippen molar-refractivity contribution in [3.8, 4) is 5.75 Å². The standard InChI is InChI=1S/C60H76N18O16/c61-38(23-34-26-65-30-71-34)52(86)69-27-50(83)73-44(20-31-11-13-35(80)14-12-31)56(90)77-46(22-33-25-68-40-9-4-2-7-37(33)40)57(91)78-47(29-79)58(92)74-41(10-5-19-66-60(63)64)54(88)76-45(21-32-24-67-39-8-3-1-6-36(32)39)53(87)70-28-49(82)72-42(15-17-48(62)81)55(89)75-43(59(93)94)16-18-51(84)85/h1-4,6-9,11-14,24-26,30,38,41-47,67-68,79-80H,5,10,15-23,27-29,61H2,(H2,62,81)(H,65,71)(H,69,86)(H,70,87)(H,72,82)(H,73,83)(H,74,92)(H,75,89)(H,76,88)(H,77,90)(H,78,91)(H,84,85)(H,93,94)(H4,63,64,66)/t38-,41-,42-,43-,44-,45-,46-,47-/m0/s1. The summed E-state index contributed by atoms with van der Waals surface area (Å²) in [4.78, 5) is 177. The molecule has 6 rings (SSSR count). The Morgan fingerprint density at radius 1 is 0.521 bits per heavy atom. The summed E-state index contributed by atoms with van der Waals surface area (Å²) in [7, 11) is 0. The number of aliphatic carboxylic acids is 2. The third-order valence-corrected chi connectivity index (χ3v) is 14.7. The maximum atomic E-state index is 14.7. The molecule has 3 aromatic carbocycles. The van der Waals surface area contributed by atoms with Crippen LogP contribution in [0.2, 0.25) is 0 Å². The molecule has 34 nitrogen and oxygen atoms in total. The molecule has 8 atom stereocenters. The van der Waals surface area contributed by atoms with Crippen LogP contribution in [0.25, 0.3) is 21.8 Å². The fraction of sp³-hybridized carbons (Fsp3) is 0.367. The Bertz CT molecular complexity index is 3680. The van der Waals surface area contributed by atoms with Gasteiger partial charge in [0.1, 0.15) is 48.0 Å². The van der Waals surface area contributed by atoms with Crippen LogP contribution in [0.3, 0.4) is 0 Å². The van der Waals surface area contributed by atoms with Gasteiger partial charge in [0.2, 0.25) is 59.1 Å². The number of aliphatic hydroxyl groups excluding tert-OH is 1. The number of carbonyl (C=O) groups excluding carboxylic acids is 10. The Hall–Kier alpha value is -11.4. The van der Waals surface area contributed by atoms with Crippen molar-refractivity contribution in [2.45, 2.75) is 113 Å². The van der Waals surface area contributed by atoms with E-state index in [-0.39, 0.29) is 56.8 Å². The lowest BCUT2D eigenvalue weighted by atomic mass is 10.0. The summed E-state index contributed by atoms with van der Waals surface area (Å²) in [6, 6.07) is 7.20. The molecule has 0 radical (unpaired) electrons. The zero-order valence-electron chi connectivity index (χ0n) is 50.6. The second-order valence-electron chi connectivity index (χ2n) is 21.8. The number of hydrogen-bond acceptors (Lipinski definition) is 17. The van der Waals surface area contributed by atoms with Gasteiger partial charge < -0.3 is 106 Å². The molecule has 3 heterocycles. The lowest BCUT2D eigenvalue weighted by Gasteiger charge is -2.27. The minimum atomic E-state index is -1.85. The minimum Gasteiger partial charge on any atom is -0.508 e. The highest BCUT2D eigenvalue weighted by Crippen LogP contribution is 2.22. The number of nitrogens with two attached hydrogens (primary N) is 4. The van der Waals surface area contributed by atoms with Crippen LogP contribution in [0.5, 0.6) is 5.75 Å². The molecule has 10 amide bonds.